The minimum Gasteiger partial charge on any atom is -0.497 e. The molecule has 0 radical (unpaired) electrons. The first-order chi connectivity index (χ1) is 11.1. The van der Waals surface area contributed by atoms with Gasteiger partial charge in [0.05, 0.1) is 12.8 Å². The van der Waals surface area contributed by atoms with Crippen molar-refractivity contribution in [2.45, 2.75) is 19.8 Å². The van der Waals surface area contributed by atoms with E-state index < -0.39 is 0 Å². The molecular weight excluding hydrogens is 294 g/mol. The summed E-state index contributed by atoms with van der Waals surface area (Å²) in [7, 11) is 3.20. The zero-order valence-electron chi connectivity index (χ0n) is 13.6. The van der Waals surface area contributed by atoms with Crippen molar-refractivity contribution in [2.75, 3.05) is 14.2 Å². The highest BCUT2D eigenvalue weighted by molar-refractivity contribution is 5.97. The number of amides is 1. The molecule has 2 rings (SSSR count). The van der Waals surface area contributed by atoms with Gasteiger partial charge in [-0.1, -0.05) is 24.2 Å². The summed E-state index contributed by atoms with van der Waals surface area (Å²) < 4.78 is 10.4. The van der Waals surface area contributed by atoms with Crippen LogP contribution in [0.5, 0.6) is 5.75 Å². The molecule has 0 aliphatic rings. The van der Waals surface area contributed by atoms with Gasteiger partial charge in [-0.15, -0.1) is 0 Å². The maximum Gasteiger partial charge on any atom is 0.256 e. The van der Waals surface area contributed by atoms with Gasteiger partial charge in [-0.2, -0.15) is 0 Å². The van der Waals surface area contributed by atoms with Gasteiger partial charge in [0.25, 0.3) is 5.91 Å². The van der Waals surface area contributed by atoms with Crippen molar-refractivity contribution >= 4 is 12.0 Å². The van der Waals surface area contributed by atoms with Crippen molar-refractivity contribution in [3.8, 4) is 5.75 Å². The number of methoxy groups -OCH3 is 1. The Hall–Kier alpha value is -2.76. The van der Waals surface area contributed by atoms with Crippen molar-refractivity contribution in [3.05, 3.63) is 52.5 Å². The van der Waals surface area contributed by atoms with Gasteiger partial charge in [-0.25, -0.2) is 0 Å². The van der Waals surface area contributed by atoms with E-state index in [9.17, 15) is 4.79 Å². The van der Waals surface area contributed by atoms with Crippen LogP contribution in [0.1, 0.15) is 34.3 Å². The Bertz CT molecular complexity index is 702. The van der Waals surface area contributed by atoms with E-state index in [0.29, 0.717) is 35.6 Å². The molecule has 1 aromatic heterocycles. The number of nitrogens with one attached hydrogen (secondary N) is 1. The molecule has 122 valence electrons. The van der Waals surface area contributed by atoms with Crippen molar-refractivity contribution in [1.29, 1.82) is 0 Å². The molecule has 0 aliphatic carbocycles. The van der Waals surface area contributed by atoms with Gasteiger partial charge in [0.1, 0.15) is 11.3 Å². The molecule has 23 heavy (non-hydrogen) atoms. The van der Waals surface area contributed by atoms with E-state index in [-0.39, 0.29) is 5.91 Å². The third-order valence-corrected chi connectivity index (χ3v) is 3.46. The zero-order chi connectivity index (χ0) is 16.8. The summed E-state index contributed by atoms with van der Waals surface area (Å²) in [6, 6.07) is 7.64. The van der Waals surface area contributed by atoms with Crippen LogP contribution >= 0.6 is 0 Å². The lowest BCUT2D eigenvalue weighted by atomic mass is 10.1. The predicted molar refractivity (Wildman–Crippen MR) is 88.1 cm³/mol. The van der Waals surface area contributed by atoms with Gasteiger partial charge in [0, 0.05) is 25.2 Å². The Kier molecular flexibility index (Phi) is 5.41. The van der Waals surface area contributed by atoms with Crippen LogP contribution in [0.2, 0.25) is 0 Å². The second-order valence-corrected chi connectivity index (χ2v) is 5.05. The monoisotopic (exact) mass is 315 g/mol. The fourth-order valence-electron chi connectivity index (χ4n) is 2.24. The number of carbonyl (C=O) groups excluding carboxylic acids is 1. The lowest BCUT2D eigenvalue weighted by molar-refractivity contribution is 0.0961. The highest BCUT2D eigenvalue weighted by Crippen LogP contribution is 2.19. The number of nitrogens with zero attached hydrogens (tertiary/aromatic N) is 1. The summed E-state index contributed by atoms with van der Waals surface area (Å²) >= 11 is 0. The summed E-state index contributed by atoms with van der Waals surface area (Å²) in [5.74, 6) is 0.944. The molecule has 0 saturated heterocycles. The average molecular weight is 315 g/mol. The molecule has 0 unspecified atom stereocenters. The smallest absolute Gasteiger partial charge is 0.256 e. The number of hydrogen-bond acceptors (Lipinski definition) is 5. The third-order valence-electron chi connectivity index (χ3n) is 3.46. The Balaban J connectivity index is 2.23. The predicted octanol–water partition coefficient (Wildman–Crippen LogP) is 2.15. The van der Waals surface area contributed by atoms with Crippen molar-refractivity contribution < 1.29 is 14.1 Å². The van der Waals surface area contributed by atoms with Gasteiger partial charge >= 0.3 is 0 Å². The second kappa shape index (κ2) is 7.49. The fraction of sp³-hybridized carbons (Fsp3) is 0.294. The molecule has 0 fully saturated rings. The molecule has 0 saturated carbocycles. The molecule has 0 bridgehead atoms. The van der Waals surface area contributed by atoms with E-state index in [1.165, 1.54) is 0 Å². The highest BCUT2D eigenvalue weighted by Gasteiger charge is 2.19. The summed E-state index contributed by atoms with van der Waals surface area (Å²) in [5, 5.41) is 6.53. The van der Waals surface area contributed by atoms with Crippen LogP contribution in [0, 0.1) is 0 Å². The largest absolute Gasteiger partial charge is 0.497 e. The summed E-state index contributed by atoms with van der Waals surface area (Å²) in [6.07, 6.45) is 2.80. The lowest BCUT2D eigenvalue weighted by Gasteiger charge is -2.04. The Morgan fingerprint density at radius 1 is 1.39 bits per heavy atom. The number of rotatable bonds is 6. The molecule has 0 aliphatic heterocycles. The summed E-state index contributed by atoms with van der Waals surface area (Å²) in [4.78, 5) is 12.0. The molecule has 1 heterocycles. The minimum absolute atomic E-state index is 0.230. The normalized spacial score (nSPS) is 11.3. The lowest BCUT2D eigenvalue weighted by Crippen LogP contribution is -2.19. The number of aromatic nitrogens is 1. The van der Waals surface area contributed by atoms with E-state index in [1.807, 2.05) is 31.2 Å². The van der Waals surface area contributed by atoms with Gasteiger partial charge in [0.2, 0.25) is 0 Å². The standard InChI is InChI=1S/C17H21N3O3/c1-4-14-16(17(21)19-2)15(23-20-14)10-12(18)9-11-5-7-13(22-3)8-6-11/h5-8,10H,4,9,18H2,1-3H3,(H,19,21)/b12-10+. The quantitative estimate of drug-likeness (QED) is 0.852. The van der Waals surface area contributed by atoms with Crippen LogP contribution in [-0.2, 0) is 12.8 Å². The fourth-order valence-corrected chi connectivity index (χ4v) is 2.24. The molecule has 3 N–H and O–H groups in total. The van der Waals surface area contributed by atoms with Crippen LogP contribution in [-0.4, -0.2) is 25.2 Å². The first-order valence-corrected chi connectivity index (χ1v) is 7.38. The Labute approximate surface area is 135 Å². The van der Waals surface area contributed by atoms with E-state index in [0.717, 1.165) is 11.3 Å². The van der Waals surface area contributed by atoms with Crippen molar-refractivity contribution in [2.24, 2.45) is 5.73 Å². The van der Waals surface area contributed by atoms with Crippen LogP contribution in [0.3, 0.4) is 0 Å². The molecule has 2 aromatic rings. The number of aryl methyl sites for hydroxylation is 1. The second-order valence-electron chi connectivity index (χ2n) is 5.05. The number of carbonyl (C=O) groups is 1. The van der Waals surface area contributed by atoms with Crippen molar-refractivity contribution in [1.82, 2.24) is 10.5 Å². The third kappa shape index (κ3) is 3.91. The van der Waals surface area contributed by atoms with Gasteiger partial charge in [0.15, 0.2) is 5.76 Å². The zero-order valence-corrected chi connectivity index (χ0v) is 13.6. The number of hydrogen-bond donors (Lipinski definition) is 2. The minimum atomic E-state index is -0.230. The summed E-state index contributed by atoms with van der Waals surface area (Å²) in [6.45, 7) is 1.92. The number of ether oxygens (including phenoxy) is 1. The maximum atomic E-state index is 12.0. The molecule has 1 aromatic carbocycles. The van der Waals surface area contributed by atoms with E-state index in [4.69, 9.17) is 15.0 Å². The number of nitrogens with two attached hydrogens (primary N) is 1. The van der Waals surface area contributed by atoms with E-state index in [2.05, 4.69) is 10.5 Å². The van der Waals surface area contributed by atoms with Crippen LogP contribution in [0.15, 0.2) is 34.5 Å². The molecular formula is C17H21N3O3. The Morgan fingerprint density at radius 2 is 2.09 bits per heavy atom. The van der Waals surface area contributed by atoms with Crippen LogP contribution in [0.25, 0.3) is 6.08 Å². The average Bonchev–Trinajstić information content (AvgIpc) is 2.97. The number of benzene rings is 1. The number of allylic oxidation sites excluding steroid dienone is 1. The van der Waals surface area contributed by atoms with Crippen LogP contribution in [0.4, 0.5) is 0 Å². The molecule has 0 atom stereocenters. The van der Waals surface area contributed by atoms with Crippen molar-refractivity contribution in [3.63, 3.8) is 0 Å². The molecule has 0 spiro atoms. The highest BCUT2D eigenvalue weighted by atomic mass is 16.5. The first kappa shape index (κ1) is 16.6. The first-order valence-electron chi connectivity index (χ1n) is 7.38. The topological polar surface area (TPSA) is 90.4 Å². The van der Waals surface area contributed by atoms with Gasteiger partial charge < -0.3 is 20.3 Å². The van der Waals surface area contributed by atoms with E-state index in [1.54, 1.807) is 20.2 Å². The van der Waals surface area contributed by atoms with E-state index >= 15 is 0 Å². The molecule has 1 amide bonds. The molecule has 6 nitrogen and oxygen atoms in total. The maximum absolute atomic E-state index is 12.0. The Morgan fingerprint density at radius 3 is 2.65 bits per heavy atom. The van der Waals surface area contributed by atoms with Gasteiger partial charge in [-0.05, 0) is 24.1 Å². The SMILES string of the molecule is CCc1noc(/C=C(/N)Cc2ccc(OC)cc2)c1C(=O)NC. The van der Waals surface area contributed by atoms with Gasteiger partial charge in [-0.3, -0.25) is 4.79 Å². The molecule has 6 heteroatoms. The summed E-state index contributed by atoms with van der Waals surface area (Å²) in [5.41, 5.74) is 8.76. The van der Waals surface area contributed by atoms with Crippen LogP contribution < -0.4 is 15.8 Å².